The summed E-state index contributed by atoms with van der Waals surface area (Å²) in [5, 5.41) is 0. The first-order valence-electron chi connectivity index (χ1n) is 3.12. The van der Waals surface area contributed by atoms with Crippen molar-refractivity contribution in [2.75, 3.05) is 0 Å². The van der Waals surface area contributed by atoms with Crippen molar-refractivity contribution in [3.05, 3.63) is 29.7 Å². The smallest absolute Gasteiger partial charge is 0.170 e. The molecule has 1 nitrogen and oxygen atoms in total. The zero-order chi connectivity index (χ0) is 6.10. The third-order valence-corrected chi connectivity index (χ3v) is 1.57. The van der Waals surface area contributed by atoms with Crippen LogP contribution in [-0.4, -0.2) is 0 Å². The second-order valence-corrected chi connectivity index (χ2v) is 2.19. The van der Waals surface area contributed by atoms with E-state index in [1.807, 2.05) is 12.1 Å². The Morgan fingerprint density at radius 2 is 2.56 bits per heavy atom. The molecule has 0 unspecified atom stereocenters. The molecular formula is C8H7O. The van der Waals surface area contributed by atoms with Gasteiger partial charge in [-0.15, -0.1) is 0 Å². The summed E-state index contributed by atoms with van der Waals surface area (Å²) < 4.78 is 5.04. The summed E-state index contributed by atoms with van der Waals surface area (Å²) >= 11 is 0. The molecule has 1 aromatic rings. The van der Waals surface area contributed by atoms with E-state index < -0.39 is 0 Å². The summed E-state index contributed by atoms with van der Waals surface area (Å²) in [6.07, 6.45) is 9.10. The summed E-state index contributed by atoms with van der Waals surface area (Å²) in [4.78, 5) is 0. The molecule has 1 aromatic heterocycles. The monoisotopic (exact) mass is 119 g/mol. The Hall–Kier alpha value is -0.980. The van der Waals surface area contributed by atoms with Crippen molar-refractivity contribution in [1.29, 1.82) is 0 Å². The number of hydrogen-bond acceptors (Lipinski definition) is 1. The summed E-state index contributed by atoms with van der Waals surface area (Å²) in [7, 11) is 0. The van der Waals surface area contributed by atoms with Crippen LogP contribution in [-0.2, 0) is 6.42 Å². The highest BCUT2D eigenvalue weighted by Gasteiger charge is 2.05. The maximum absolute atomic E-state index is 5.04. The molecule has 0 atom stereocenters. The van der Waals surface area contributed by atoms with E-state index in [2.05, 4.69) is 12.3 Å². The Kier molecular flexibility index (Phi) is 0.950. The fourth-order valence-corrected chi connectivity index (χ4v) is 1.07. The zero-order valence-corrected chi connectivity index (χ0v) is 5.05. The number of rotatable bonds is 0. The lowest BCUT2D eigenvalue weighted by atomic mass is 10.1. The van der Waals surface area contributed by atoms with E-state index in [0.29, 0.717) is 0 Å². The SMILES string of the molecule is [c]1cc2c(o1)C=CCC2. The van der Waals surface area contributed by atoms with E-state index in [1.54, 1.807) is 0 Å². The Labute approximate surface area is 54.0 Å². The van der Waals surface area contributed by atoms with Gasteiger partial charge in [0.1, 0.15) is 5.76 Å². The minimum atomic E-state index is 0.987. The second kappa shape index (κ2) is 1.76. The van der Waals surface area contributed by atoms with Crippen LogP contribution in [0.25, 0.3) is 6.08 Å². The molecule has 1 heterocycles. The minimum absolute atomic E-state index is 0.987. The summed E-state index contributed by atoms with van der Waals surface area (Å²) in [6, 6.07) is 1.92. The number of furan rings is 1. The predicted octanol–water partition coefficient (Wildman–Crippen LogP) is 2.04. The van der Waals surface area contributed by atoms with Gasteiger partial charge in [0.15, 0.2) is 6.26 Å². The molecule has 1 heteroatoms. The van der Waals surface area contributed by atoms with E-state index in [-0.39, 0.29) is 0 Å². The van der Waals surface area contributed by atoms with Crippen molar-refractivity contribution in [1.82, 2.24) is 0 Å². The van der Waals surface area contributed by atoms with Crippen LogP contribution in [0.3, 0.4) is 0 Å². The molecule has 0 N–H and O–H groups in total. The molecule has 9 heavy (non-hydrogen) atoms. The van der Waals surface area contributed by atoms with Crippen molar-refractivity contribution in [2.45, 2.75) is 12.8 Å². The van der Waals surface area contributed by atoms with Crippen LogP contribution in [0.2, 0.25) is 0 Å². The average molecular weight is 119 g/mol. The number of aryl methyl sites for hydroxylation is 1. The predicted molar refractivity (Wildman–Crippen MR) is 34.9 cm³/mol. The van der Waals surface area contributed by atoms with Gasteiger partial charge in [-0.25, -0.2) is 0 Å². The van der Waals surface area contributed by atoms with Gasteiger partial charge in [-0.05, 0) is 30.5 Å². The Morgan fingerprint density at radius 3 is 3.44 bits per heavy atom. The Morgan fingerprint density at radius 1 is 1.56 bits per heavy atom. The van der Waals surface area contributed by atoms with Crippen molar-refractivity contribution in [3.63, 3.8) is 0 Å². The molecule has 1 radical (unpaired) electrons. The average Bonchev–Trinajstić information content (AvgIpc) is 2.33. The summed E-state index contributed by atoms with van der Waals surface area (Å²) in [5.41, 5.74) is 1.29. The molecule has 0 aromatic carbocycles. The molecule has 0 spiro atoms. The van der Waals surface area contributed by atoms with Crippen LogP contribution in [0.5, 0.6) is 0 Å². The third-order valence-electron chi connectivity index (χ3n) is 1.57. The van der Waals surface area contributed by atoms with E-state index in [1.165, 1.54) is 5.56 Å². The van der Waals surface area contributed by atoms with Crippen molar-refractivity contribution in [3.8, 4) is 0 Å². The normalized spacial score (nSPS) is 15.6. The van der Waals surface area contributed by atoms with Crippen molar-refractivity contribution in [2.24, 2.45) is 0 Å². The third kappa shape index (κ3) is 0.689. The van der Waals surface area contributed by atoms with Gasteiger partial charge < -0.3 is 4.42 Å². The number of fused-ring (bicyclic) bond motifs is 1. The van der Waals surface area contributed by atoms with Crippen LogP contribution in [0.4, 0.5) is 0 Å². The van der Waals surface area contributed by atoms with E-state index in [4.69, 9.17) is 4.42 Å². The largest absolute Gasteiger partial charge is 0.453 e. The van der Waals surface area contributed by atoms with Crippen LogP contribution in [0, 0.1) is 6.26 Å². The molecule has 0 saturated carbocycles. The maximum atomic E-state index is 5.04. The highest BCUT2D eigenvalue weighted by molar-refractivity contribution is 5.49. The number of allylic oxidation sites excluding steroid dienone is 1. The Bertz CT molecular complexity index is 232. The van der Waals surface area contributed by atoms with Gasteiger partial charge >= 0.3 is 0 Å². The maximum Gasteiger partial charge on any atom is 0.170 e. The van der Waals surface area contributed by atoms with Crippen LogP contribution in [0.1, 0.15) is 17.7 Å². The molecule has 0 amide bonds. The second-order valence-electron chi connectivity index (χ2n) is 2.19. The van der Waals surface area contributed by atoms with Gasteiger partial charge in [0.05, 0.1) is 0 Å². The Balaban J connectivity index is 2.53. The quantitative estimate of drug-likeness (QED) is 0.509. The molecular weight excluding hydrogens is 112 g/mol. The van der Waals surface area contributed by atoms with Gasteiger partial charge in [-0.3, -0.25) is 0 Å². The van der Waals surface area contributed by atoms with Crippen LogP contribution in [0.15, 0.2) is 16.6 Å². The van der Waals surface area contributed by atoms with Crippen LogP contribution >= 0.6 is 0 Å². The highest BCUT2D eigenvalue weighted by Crippen LogP contribution is 2.18. The van der Waals surface area contributed by atoms with Crippen LogP contribution < -0.4 is 0 Å². The van der Waals surface area contributed by atoms with Gasteiger partial charge in [0, 0.05) is 0 Å². The zero-order valence-electron chi connectivity index (χ0n) is 5.05. The molecule has 0 aliphatic heterocycles. The summed E-state index contributed by atoms with van der Waals surface area (Å²) in [6.45, 7) is 0. The highest BCUT2D eigenvalue weighted by atomic mass is 16.3. The van der Waals surface area contributed by atoms with E-state index in [9.17, 15) is 0 Å². The molecule has 1 aliphatic carbocycles. The first-order valence-corrected chi connectivity index (χ1v) is 3.12. The topological polar surface area (TPSA) is 13.1 Å². The van der Waals surface area contributed by atoms with Gasteiger partial charge in [0.2, 0.25) is 0 Å². The number of hydrogen-bond donors (Lipinski definition) is 0. The van der Waals surface area contributed by atoms with Gasteiger partial charge in [-0.2, -0.15) is 0 Å². The molecule has 45 valence electrons. The lowest BCUT2D eigenvalue weighted by Gasteiger charge is -1.99. The van der Waals surface area contributed by atoms with E-state index in [0.717, 1.165) is 18.6 Å². The standard InChI is InChI=1S/C8H7O/c1-2-4-8-7(3-1)5-6-9-8/h2,4-5H,1,3H2. The van der Waals surface area contributed by atoms with Gasteiger partial charge in [0.25, 0.3) is 0 Å². The fourth-order valence-electron chi connectivity index (χ4n) is 1.07. The molecule has 0 bridgehead atoms. The molecule has 0 fully saturated rings. The van der Waals surface area contributed by atoms with Gasteiger partial charge in [-0.1, -0.05) is 6.08 Å². The summed E-state index contributed by atoms with van der Waals surface area (Å²) in [5.74, 6) is 0.987. The fraction of sp³-hybridized carbons (Fsp3) is 0.250. The first-order chi connectivity index (χ1) is 4.47. The molecule has 0 saturated heterocycles. The van der Waals surface area contributed by atoms with Crippen molar-refractivity contribution < 1.29 is 4.42 Å². The molecule has 1 aliphatic rings. The molecule has 2 rings (SSSR count). The lowest BCUT2D eigenvalue weighted by molar-refractivity contribution is 0.542. The first kappa shape index (κ1) is 4.86. The van der Waals surface area contributed by atoms with E-state index >= 15 is 0 Å². The van der Waals surface area contributed by atoms with Crippen molar-refractivity contribution >= 4 is 6.08 Å². The minimum Gasteiger partial charge on any atom is -0.453 e. The lowest BCUT2D eigenvalue weighted by Crippen LogP contribution is -1.87.